The number of carbonyl (C=O) groups excluding carboxylic acids is 1. The van der Waals surface area contributed by atoms with Crippen LogP contribution in [0.5, 0.6) is 0 Å². The second-order valence-electron chi connectivity index (χ2n) is 5.94. The molecule has 1 N–H and O–H groups in total. The van der Waals surface area contributed by atoms with Crippen molar-refractivity contribution < 1.29 is 9.18 Å². The zero-order chi connectivity index (χ0) is 16.8. The van der Waals surface area contributed by atoms with Crippen LogP contribution >= 0.6 is 11.6 Å². The second kappa shape index (κ2) is 5.56. The Morgan fingerprint density at radius 2 is 2.21 bits per heavy atom. The molecule has 24 heavy (non-hydrogen) atoms. The number of nitrogens with one attached hydrogen (secondary N) is 1. The molecule has 0 spiro atoms. The fourth-order valence-corrected chi connectivity index (χ4v) is 2.89. The standard InChI is InChI=1S/C17H14ClFN4O/c1-9-4-5-20-7-12(9)10-2-3-14-21-16(15(18)23(14)8-10)22-17(24)11-6-13(11)19/h2-5,7-8,11,13H,6H2,1H3,(H,22,24)/t11-,13+/m1/s1. The maximum atomic E-state index is 13.0. The van der Waals surface area contributed by atoms with E-state index in [1.54, 1.807) is 16.8 Å². The highest BCUT2D eigenvalue weighted by atomic mass is 35.5. The summed E-state index contributed by atoms with van der Waals surface area (Å²) in [5.74, 6) is -0.712. The van der Waals surface area contributed by atoms with E-state index in [-0.39, 0.29) is 23.3 Å². The van der Waals surface area contributed by atoms with E-state index in [2.05, 4.69) is 15.3 Å². The van der Waals surface area contributed by atoms with Gasteiger partial charge >= 0.3 is 0 Å². The molecule has 2 atom stereocenters. The van der Waals surface area contributed by atoms with Crippen molar-refractivity contribution >= 4 is 29.0 Å². The van der Waals surface area contributed by atoms with Crippen molar-refractivity contribution in [1.82, 2.24) is 14.4 Å². The van der Waals surface area contributed by atoms with Gasteiger partial charge in [-0.15, -0.1) is 0 Å². The van der Waals surface area contributed by atoms with Gasteiger partial charge in [0.25, 0.3) is 0 Å². The minimum absolute atomic E-state index is 0.251. The number of anilines is 1. The molecule has 1 fully saturated rings. The Balaban J connectivity index is 1.71. The quantitative estimate of drug-likeness (QED) is 0.789. The van der Waals surface area contributed by atoms with Crippen molar-refractivity contribution in [2.24, 2.45) is 5.92 Å². The number of pyridine rings is 2. The van der Waals surface area contributed by atoms with E-state index in [1.807, 2.05) is 31.3 Å². The summed E-state index contributed by atoms with van der Waals surface area (Å²) in [6.45, 7) is 2.01. The number of halogens is 2. The maximum absolute atomic E-state index is 13.0. The number of aryl methyl sites for hydroxylation is 1. The molecule has 0 aliphatic heterocycles. The van der Waals surface area contributed by atoms with Gasteiger partial charge in [0.15, 0.2) is 11.0 Å². The zero-order valence-corrected chi connectivity index (χ0v) is 13.6. The number of hydrogen-bond donors (Lipinski definition) is 1. The highest BCUT2D eigenvalue weighted by Crippen LogP contribution is 2.35. The third kappa shape index (κ3) is 2.53. The first-order valence-corrected chi connectivity index (χ1v) is 7.96. The first-order chi connectivity index (χ1) is 11.5. The lowest BCUT2D eigenvalue weighted by molar-refractivity contribution is -0.117. The summed E-state index contributed by atoms with van der Waals surface area (Å²) in [7, 11) is 0. The average molecular weight is 345 g/mol. The predicted molar refractivity (Wildman–Crippen MR) is 89.8 cm³/mol. The third-order valence-corrected chi connectivity index (χ3v) is 4.56. The van der Waals surface area contributed by atoms with Gasteiger partial charge in [0.1, 0.15) is 11.8 Å². The van der Waals surface area contributed by atoms with Crippen LogP contribution in [0, 0.1) is 12.8 Å². The Labute approximate surface area is 142 Å². The lowest BCUT2D eigenvalue weighted by Crippen LogP contribution is -2.15. The number of fused-ring (bicyclic) bond motifs is 1. The third-order valence-electron chi connectivity index (χ3n) is 4.20. The first kappa shape index (κ1) is 15.1. The molecule has 1 saturated carbocycles. The summed E-state index contributed by atoms with van der Waals surface area (Å²) in [6.07, 6.45) is 4.59. The van der Waals surface area contributed by atoms with Crippen molar-refractivity contribution in [3.63, 3.8) is 0 Å². The summed E-state index contributed by atoms with van der Waals surface area (Å²) in [5.41, 5.74) is 3.63. The summed E-state index contributed by atoms with van der Waals surface area (Å²) < 4.78 is 14.7. The summed E-state index contributed by atoms with van der Waals surface area (Å²) >= 11 is 6.34. The first-order valence-electron chi connectivity index (χ1n) is 7.58. The Kier molecular flexibility index (Phi) is 3.49. The highest BCUT2D eigenvalue weighted by Gasteiger charge is 2.44. The number of imidazole rings is 1. The van der Waals surface area contributed by atoms with Gasteiger partial charge in [-0.1, -0.05) is 11.6 Å². The SMILES string of the molecule is Cc1ccncc1-c1ccc2nc(NC(=O)[C@@H]3C[C@@H]3F)c(Cl)n2c1. The number of hydrogen-bond acceptors (Lipinski definition) is 3. The molecule has 1 aliphatic carbocycles. The lowest BCUT2D eigenvalue weighted by Gasteiger charge is -2.06. The molecular weight excluding hydrogens is 331 g/mol. The summed E-state index contributed by atoms with van der Waals surface area (Å²) in [5, 5.41) is 2.90. The average Bonchev–Trinajstić information content (AvgIpc) is 3.23. The fraction of sp³-hybridized carbons (Fsp3) is 0.235. The van der Waals surface area contributed by atoms with Crippen LogP contribution in [0.15, 0.2) is 36.8 Å². The van der Waals surface area contributed by atoms with Crippen molar-refractivity contribution in [2.75, 3.05) is 5.32 Å². The Bertz CT molecular complexity index is 955. The molecule has 0 radical (unpaired) electrons. The van der Waals surface area contributed by atoms with Crippen LogP contribution < -0.4 is 5.32 Å². The minimum Gasteiger partial charge on any atom is -0.308 e. The van der Waals surface area contributed by atoms with E-state index in [0.717, 1.165) is 16.7 Å². The van der Waals surface area contributed by atoms with E-state index in [0.29, 0.717) is 5.65 Å². The molecule has 0 aromatic carbocycles. The Morgan fingerprint density at radius 1 is 1.42 bits per heavy atom. The molecule has 1 aliphatic rings. The van der Waals surface area contributed by atoms with Crippen LogP contribution in [0.1, 0.15) is 12.0 Å². The van der Waals surface area contributed by atoms with Crippen molar-refractivity contribution in [3.8, 4) is 11.1 Å². The van der Waals surface area contributed by atoms with Gasteiger partial charge in [0, 0.05) is 29.7 Å². The molecule has 0 saturated heterocycles. The topological polar surface area (TPSA) is 59.3 Å². The van der Waals surface area contributed by atoms with Gasteiger partial charge < -0.3 is 5.32 Å². The van der Waals surface area contributed by atoms with Gasteiger partial charge in [-0.2, -0.15) is 0 Å². The van der Waals surface area contributed by atoms with Crippen molar-refractivity contribution in [2.45, 2.75) is 19.5 Å². The van der Waals surface area contributed by atoms with Gasteiger partial charge in [0.2, 0.25) is 5.91 Å². The number of amides is 1. The smallest absolute Gasteiger partial charge is 0.231 e. The number of rotatable bonds is 3. The van der Waals surface area contributed by atoms with E-state index in [9.17, 15) is 9.18 Å². The fourth-order valence-electron chi connectivity index (χ4n) is 2.67. The van der Waals surface area contributed by atoms with E-state index in [4.69, 9.17) is 11.6 Å². The number of aromatic nitrogens is 3. The van der Waals surface area contributed by atoms with E-state index in [1.165, 1.54) is 0 Å². The Morgan fingerprint density at radius 3 is 2.92 bits per heavy atom. The molecule has 4 rings (SSSR count). The molecule has 3 aromatic heterocycles. The number of nitrogens with zero attached hydrogens (tertiary/aromatic N) is 3. The van der Waals surface area contributed by atoms with Gasteiger partial charge in [-0.05, 0) is 37.1 Å². The molecule has 3 aromatic rings. The zero-order valence-electron chi connectivity index (χ0n) is 12.8. The molecule has 0 bridgehead atoms. The largest absolute Gasteiger partial charge is 0.308 e. The maximum Gasteiger partial charge on any atom is 0.231 e. The second-order valence-corrected chi connectivity index (χ2v) is 6.29. The van der Waals surface area contributed by atoms with Gasteiger partial charge in [0.05, 0.1) is 5.92 Å². The molecule has 122 valence electrons. The van der Waals surface area contributed by atoms with Crippen LogP contribution in [0.2, 0.25) is 5.15 Å². The number of carbonyl (C=O) groups is 1. The summed E-state index contributed by atoms with van der Waals surface area (Å²) in [4.78, 5) is 20.3. The van der Waals surface area contributed by atoms with Gasteiger partial charge in [-0.3, -0.25) is 14.2 Å². The molecule has 7 heteroatoms. The van der Waals surface area contributed by atoms with Crippen molar-refractivity contribution in [1.29, 1.82) is 0 Å². The molecule has 1 amide bonds. The highest BCUT2D eigenvalue weighted by molar-refractivity contribution is 6.32. The molecule has 0 unspecified atom stereocenters. The normalized spacial score (nSPS) is 19.5. The monoisotopic (exact) mass is 344 g/mol. The van der Waals surface area contributed by atoms with Crippen LogP contribution in [0.4, 0.5) is 10.2 Å². The minimum atomic E-state index is -1.05. The Hall–Kier alpha value is -2.47. The van der Waals surface area contributed by atoms with E-state index < -0.39 is 12.1 Å². The van der Waals surface area contributed by atoms with Gasteiger partial charge in [-0.25, -0.2) is 9.37 Å². The summed E-state index contributed by atoms with van der Waals surface area (Å²) in [6, 6.07) is 5.68. The van der Waals surface area contributed by atoms with Crippen molar-refractivity contribution in [3.05, 3.63) is 47.5 Å². The van der Waals surface area contributed by atoms with Crippen LogP contribution in [-0.2, 0) is 4.79 Å². The molecule has 5 nitrogen and oxygen atoms in total. The molecule has 3 heterocycles. The van der Waals surface area contributed by atoms with Crippen LogP contribution in [-0.4, -0.2) is 26.4 Å². The van der Waals surface area contributed by atoms with Crippen LogP contribution in [0.25, 0.3) is 16.8 Å². The van der Waals surface area contributed by atoms with E-state index >= 15 is 0 Å². The predicted octanol–water partition coefficient (Wildman–Crippen LogP) is 3.65. The molecular formula is C17H14ClFN4O. The number of alkyl halides is 1. The van der Waals surface area contributed by atoms with Crippen LogP contribution in [0.3, 0.4) is 0 Å². The lowest BCUT2D eigenvalue weighted by atomic mass is 10.1.